The Morgan fingerprint density at radius 2 is 1.79 bits per heavy atom. The molecule has 2 aromatic carbocycles. The number of anilines is 2. The van der Waals surface area contributed by atoms with Crippen molar-refractivity contribution in [3.8, 4) is 0 Å². The molecular formula is C24H29N3O6S. The highest BCUT2D eigenvalue weighted by Crippen LogP contribution is 2.29. The Labute approximate surface area is 199 Å². The average Bonchev–Trinajstić information content (AvgIpc) is 3.18. The maximum atomic E-state index is 13.3. The van der Waals surface area contributed by atoms with Crippen LogP contribution in [0.2, 0.25) is 0 Å². The number of amides is 2. The van der Waals surface area contributed by atoms with Gasteiger partial charge < -0.3 is 19.6 Å². The van der Waals surface area contributed by atoms with Crippen LogP contribution in [0.3, 0.4) is 0 Å². The predicted molar refractivity (Wildman–Crippen MR) is 128 cm³/mol. The number of aliphatic hydroxyl groups is 1. The molecule has 2 fully saturated rings. The van der Waals surface area contributed by atoms with Crippen molar-refractivity contribution in [2.75, 3.05) is 55.4 Å². The van der Waals surface area contributed by atoms with E-state index in [1.165, 1.54) is 34.2 Å². The molecule has 9 nitrogen and oxygen atoms in total. The van der Waals surface area contributed by atoms with Crippen LogP contribution in [0, 0.1) is 13.8 Å². The minimum atomic E-state index is -3.77. The van der Waals surface area contributed by atoms with Crippen molar-refractivity contribution in [2.45, 2.75) is 24.8 Å². The van der Waals surface area contributed by atoms with Crippen LogP contribution in [-0.4, -0.2) is 82.1 Å². The Morgan fingerprint density at radius 3 is 2.41 bits per heavy atom. The number of carbonyl (C=O) groups excluding carboxylic acids is 2. The van der Waals surface area contributed by atoms with E-state index in [-0.39, 0.29) is 35.3 Å². The Bertz CT molecular complexity index is 1220. The van der Waals surface area contributed by atoms with Gasteiger partial charge in [-0.2, -0.15) is 0 Å². The van der Waals surface area contributed by atoms with E-state index in [2.05, 4.69) is 36.9 Å². The van der Waals surface area contributed by atoms with E-state index in [1.54, 1.807) is 4.90 Å². The van der Waals surface area contributed by atoms with Crippen LogP contribution in [-0.2, 0) is 14.6 Å². The first-order chi connectivity index (χ1) is 16.1. The van der Waals surface area contributed by atoms with E-state index < -0.39 is 22.0 Å². The molecule has 182 valence electrons. The third-order valence-electron chi connectivity index (χ3n) is 6.30. The van der Waals surface area contributed by atoms with Gasteiger partial charge in [-0.1, -0.05) is 17.7 Å². The number of cyclic esters (lactones) is 1. The fourth-order valence-electron chi connectivity index (χ4n) is 4.54. The number of aryl methyl sites for hydroxylation is 2. The van der Waals surface area contributed by atoms with Gasteiger partial charge in [0.05, 0.1) is 23.1 Å². The summed E-state index contributed by atoms with van der Waals surface area (Å²) < 4.78 is 30.1. The summed E-state index contributed by atoms with van der Waals surface area (Å²) in [4.78, 5) is 30.4. The van der Waals surface area contributed by atoms with Crippen molar-refractivity contribution in [3.63, 3.8) is 0 Å². The van der Waals surface area contributed by atoms with Gasteiger partial charge in [0.1, 0.15) is 6.61 Å². The second-order valence-corrected chi connectivity index (χ2v) is 10.8. The molecule has 1 unspecified atom stereocenters. The number of piperazine rings is 1. The van der Waals surface area contributed by atoms with Crippen molar-refractivity contribution in [3.05, 3.63) is 53.1 Å². The summed E-state index contributed by atoms with van der Waals surface area (Å²) in [6.07, 6.45) is 0.368. The summed E-state index contributed by atoms with van der Waals surface area (Å²) in [5.41, 5.74) is 3.84. The van der Waals surface area contributed by atoms with E-state index in [0.717, 1.165) is 11.9 Å². The highest BCUT2D eigenvalue weighted by molar-refractivity contribution is 7.90. The lowest BCUT2D eigenvalue weighted by molar-refractivity contribution is 0.0743. The van der Waals surface area contributed by atoms with Crippen molar-refractivity contribution < 1.29 is 27.9 Å². The van der Waals surface area contributed by atoms with Gasteiger partial charge in [0.2, 0.25) is 0 Å². The summed E-state index contributed by atoms with van der Waals surface area (Å²) in [5, 5.41) is 9.54. The number of carbonyl (C=O) groups is 2. The normalized spacial score (nSPS) is 18.9. The molecule has 10 heteroatoms. The van der Waals surface area contributed by atoms with Crippen molar-refractivity contribution in [2.24, 2.45) is 0 Å². The van der Waals surface area contributed by atoms with Gasteiger partial charge >= 0.3 is 6.09 Å². The van der Waals surface area contributed by atoms with Crippen molar-refractivity contribution in [1.29, 1.82) is 0 Å². The lowest BCUT2D eigenvalue weighted by Gasteiger charge is -2.37. The maximum absolute atomic E-state index is 13.3. The molecule has 1 N–H and O–H groups in total. The number of hydrogen-bond donors (Lipinski definition) is 1. The summed E-state index contributed by atoms with van der Waals surface area (Å²) in [7, 11) is -3.77. The lowest BCUT2D eigenvalue weighted by Crippen LogP contribution is -2.49. The smallest absolute Gasteiger partial charge is 0.414 e. The molecule has 0 saturated carbocycles. The van der Waals surface area contributed by atoms with E-state index in [1.807, 2.05) is 0 Å². The molecule has 2 aromatic rings. The lowest BCUT2D eigenvalue weighted by atomic mass is 10.1. The Morgan fingerprint density at radius 1 is 1.09 bits per heavy atom. The number of nitrogens with zero attached hydrogens (tertiary/aromatic N) is 3. The third kappa shape index (κ3) is 4.60. The second kappa shape index (κ2) is 9.27. The molecule has 2 heterocycles. The highest BCUT2D eigenvalue weighted by Gasteiger charge is 2.35. The third-order valence-corrected chi connectivity index (χ3v) is 7.44. The van der Waals surface area contributed by atoms with E-state index in [0.29, 0.717) is 26.2 Å². The van der Waals surface area contributed by atoms with Crippen LogP contribution < -0.4 is 9.80 Å². The van der Waals surface area contributed by atoms with E-state index in [4.69, 9.17) is 4.74 Å². The first kappa shape index (κ1) is 24.0. The number of aliphatic hydroxyl groups excluding tert-OH is 1. The number of ether oxygens (including phenoxy) is 1. The maximum Gasteiger partial charge on any atom is 0.414 e. The summed E-state index contributed by atoms with van der Waals surface area (Å²) >= 11 is 0. The quantitative estimate of drug-likeness (QED) is 0.687. The topological polar surface area (TPSA) is 107 Å². The van der Waals surface area contributed by atoms with Crippen molar-refractivity contribution >= 4 is 33.2 Å². The molecule has 0 radical (unpaired) electrons. The fourth-order valence-corrected chi connectivity index (χ4v) is 5.43. The molecule has 0 spiro atoms. The van der Waals surface area contributed by atoms with Gasteiger partial charge in [0.15, 0.2) is 9.84 Å². The first-order valence-corrected chi connectivity index (χ1v) is 13.0. The van der Waals surface area contributed by atoms with Crippen molar-refractivity contribution in [1.82, 2.24) is 4.90 Å². The van der Waals surface area contributed by atoms with Gasteiger partial charge in [0, 0.05) is 43.8 Å². The highest BCUT2D eigenvalue weighted by atomic mass is 32.2. The second-order valence-electron chi connectivity index (χ2n) is 8.81. The first-order valence-electron chi connectivity index (χ1n) is 11.1. The zero-order chi connectivity index (χ0) is 24.6. The molecule has 1 atom stereocenters. The van der Waals surface area contributed by atoms with Crippen LogP contribution in [0.25, 0.3) is 0 Å². The fraction of sp³-hybridized carbons (Fsp3) is 0.417. The molecule has 2 aliphatic heterocycles. The Kier molecular flexibility index (Phi) is 6.55. The number of benzene rings is 2. The Balaban J connectivity index is 1.57. The van der Waals surface area contributed by atoms with E-state index in [9.17, 15) is 23.1 Å². The molecule has 2 aliphatic rings. The van der Waals surface area contributed by atoms with Crippen LogP contribution in [0.5, 0.6) is 0 Å². The summed E-state index contributed by atoms with van der Waals surface area (Å²) in [6.45, 7) is 6.00. The minimum absolute atomic E-state index is 0.00889. The van der Waals surface area contributed by atoms with E-state index >= 15 is 0 Å². The zero-order valence-electron chi connectivity index (χ0n) is 19.5. The van der Waals surface area contributed by atoms with Gasteiger partial charge in [-0.15, -0.1) is 0 Å². The van der Waals surface area contributed by atoms with Crippen LogP contribution in [0.1, 0.15) is 21.5 Å². The monoisotopic (exact) mass is 487 g/mol. The van der Waals surface area contributed by atoms with Crippen LogP contribution in [0.15, 0.2) is 41.3 Å². The molecule has 2 amide bonds. The predicted octanol–water partition coefficient (Wildman–Crippen LogP) is 1.99. The minimum Gasteiger partial charge on any atom is -0.447 e. The van der Waals surface area contributed by atoms with Crippen LogP contribution >= 0.6 is 0 Å². The standard InChI is InChI=1S/C24H29N3O6S/c1-16-4-7-21(17(2)12-16)25-8-10-26(11-9-25)23(29)20-6-5-18(13-22(20)34(3,31)32)27-19(14-28)15-33-24(27)30/h4-7,12-13,19,28H,8-11,14-15H2,1-3H3. The molecule has 0 bridgehead atoms. The van der Waals surface area contributed by atoms with Crippen LogP contribution in [0.4, 0.5) is 16.2 Å². The average molecular weight is 488 g/mol. The molecule has 34 heavy (non-hydrogen) atoms. The number of hydrogen-bond acceptors (Lipinski definition) is 7. The Hall–Kier alpha value is -3.11. The summed E-state index contributed by atoms with van der Waals surface area (Å²) in [6, 6.07) is 9.93. The largest absolute Gasteiger partial charge is 0.447 e. The molecule has 0 aliphatic carbocycles. The number of sulfone groups is 1. The van der Waals surface area contributed by atoms with Gasteiger partial charge in [-0.05, 0) is 43.7 Å². The zero-order valence-corrected chi connectivity index (χ0v) is 20.3. The molecular weight excluding hydrogens is 458 g/mol. The summed E-state index contributed by atoms with van der Waals surface area (Å²) in [5.74, 6) is -0.366. The molecule has 2 saturated heterocycles. The van der Waals surface area contributed by atoms with Gasteiger partial charge in [0.25, 0.3) is 5.91 Å². The number of rotatable bonds is 5. The SMILES string of the molecule is Cc1ccc(N2CCN(C(=O)c3ccc(N4C(=O)OCC4CO)cc3S(C)(=O)=O)CC2)c(C)c1. The molecule has 0 aromatic heterocycles. The molecule has 4 rings (SSSR count). The van der Waals surface area contributed by atoms with Gasteiger partial charge in [-0.25, -0.2) is 13.2 Å². The van der Waals surface area contributed by atoms with Gasteiger partial charge in [-0.3, -0.25) is 9.69 Å².